The van der Waals surface area contributed by atoms with Crippen LogP contribution in [0.1, 0.15) is 58.8 Å². The van der Waals surface area contributed by atoms with Gasteiger partial charge in [-0.3, -0.25) is 9.59 Å². The normalized spacial score (nSPS) is 15.0. The Labute approximate surface area is 181 Å². The smallest absolute Gasteiger partial charge is 0.250 e. The van der Waals surface area contributed by atoms with E-state index in [9.17, 15) is 9.59 Å². The van der Waals surface area contributed by atoms with Gasteiger partial charge in [0.05, 0.1) is 34.5 Å². The highest BCUT2D eigenvalue weighted by molar-refractivity contribution is 6.00. The van der Waals surface area contributed by atoms with Crippen molar-refractivity contribution in [3.05, 3.63) is 59.4 Å². The van der Waals surface area contributed by atoms with E-state index in [2.05, 4.69) is 29.2 Å². The minimum absolute atomic E-state index is 0.115. The summed E-state index contributed by atoms with van der Waals surface area (Å²) in [4.78, 5) is 28.7. The van der Waals surface area contributed by atoms with Crippen LogP contribution in [-0.2, 0) is 13.0 Å². The summed E-state index contributed by atoms with van der Waals surface area (Å²) in [6, 6.07) is 5.43. The number of Topliss-reactive ketones (excluding diaryl/α,β-unsaturated/α-hetero) is 1. The molecule has 31 heavy (non-hydrogen) atoms. The molecule has 0 atom stereocenters. The number of fused-ring (bicyclic) bond motifs is 1. The highest BCUT2D eigenvalue weighted by Crippen LogP contribution is 2.37. The van der Waals surface area contributed by atoms with Crippen molar-refractivity contribution in [2.45, 2.75) is 46.6 Å². The maximum Gasteiger partial charge on any atom is 0.250 e. The van der Waals surface area contributed by atoms with Crippen molar-refractivity contribution < 1.29 is 9.59 Å². The number of imidazole rings is 1. The minimum atomic E-state index is -0.487. The third kappa shape index (κ3) is 4.23. The number of benzene rings is 1. The van der Waals surface area contributed by atoms with E-state index in [1.807, 2.05) is 34.5 Å². The molecule has 1 aliphatic rings. The Morgan fingerprint density at radius 2 is 2.10 bits per heavy atom. The Hall–Kier alpha value is -3.42. The van der Waals surface area contributed by atoms with Gasteiger partial charge < -0.3 is 15.6 Å². The Bertz CT molecular complexity index is 1130. The van der Waals surface area contributed by atoms with Gasteiger partial charge in [0.1, 0.15) is 0 Å². The number of aromatic nitrogens is 4. The number of anilines is 1. The first-order valence-corrected chi connectivity index (χ1v) is 10.5. The van der Waals surface area contributed by atoms with Crippen LogP contribution in [0.2, 0.25) is 0 Å². The number of ketones is 1. The van der Waals surface area contributed by atoms with Gasteiger partial charge in [-0.1, -0.05) is 13.8 Å². The molecule has 3 aromatic rings. The zero-order valence-electron chi connectivity index (χ0n) is 18.2. The number of nitrogens with one attached hydrogen (secondary N) is 1. The van der Waals surface area contributed by atoms with Gasteiger partial charge in [0.25, 0.3) is 5.91 Å². The van der Waals surface area contributed by atoms with Gasteiger partial charge in [0.2, 0.25) is 0 Å². The molecule has 0 saturated heterocycles. The van der Waals surface area contributed by atoms with Crippen LogP contribution in [0.5, 0.6) is 0 Å². The number of carbonyl (C=O) groups is 2. The van der Waals surface area contributed by atoms with Crippen molar-refractivity contribution in [1.29, 1.82) is 0 Å². The molecule has 0 spiro atoms. The molecule has 4 rings (SSSR count). The summed E-state index contributed by atoms with van der Waals surface area (Å²) in [5.41, 5.74) is 9.78. The summed E-state index contributed by atoms with van der Waals surface area (Å²) in [7, 11) is 0. The van der Waals surface area contributed by atoms with Gasteiger partial charge in [-0.05, 0) is 43.4 Å². The summed E-state index contributed by atoms with van der Waals surface area (Å²) in [5.74, 6) is -0.347. The second kappa shape index (κ2) is 8.02. The Morgan fingerprint density at radius 1 is 1.29 bits per heavy atom. The average Bonchev–Trinajstić information content (AvgIpc) is 3.32. The average molecular weight is 421 g/mol. The quantitative estimate of drug-likeness (QED) is 0.571. The lowest BCUT2D eigenvalue weighted by Gasteiger charge is -2.29. The fraction of sp³-hybridized carbons (Fsp3) is 0.391. The molecular formula is C23H28N6O2. The Kier molecular flexibility index (Phi) is 5.39. The summed E-state index contributed by atoms with van der Waals surface area (Å²) >= 11 is 0. The topological polar surface area (TPSA) is 108 Å². The number of primary amides is 1. The summed E-state index contributed by atoms with van der Waals surface area (Å²) in [6.07, 6.45) is 7.60. The molecule has 162 valence electrons. The third-order valence-electron chi connectivity index (χ3n) is 5.70. The molecule has 0 radical (unpaired) electrons. The van der Waals surface area contributed by atoms with Crippen LogP contribution >= 0.6 is 0 Å². The van der Waals surface area contributed by atoms with Gasteiger partial charge in [0.15, 0.2) is 5.78 Å². The number of carbonyl (C=O) groups excluding carboxylic acids is 2. The highest BCUT2D eigenvalue weighted by Gasteiger charge is 2.35. The summed E-state index contributed by atoms with van der Waals surface area (Å²) < 4.78 is 3.84. The number of rotatable bonds is 7. The Balaban J connectivity index is 1.63. The van der Waals surface area contributed by atoms with E-state index in [-0.39, 0.29) is 11.2 Å². The molecule has 8 nitrogen and oxygen atoms in total. The number of nitrogens with two attached hydrogens (primary N) is 1. The SMILES string of the molecule is Cc1nn(-c2ccc(C(N)=O)c(NCCCn3ccnc3)c2)c2c1C(=O)CC(C)(C)C2. The van der Waals surface area contributed by atoms with Crippen molar-refractivity contribution in [2.75, 3.05) is 11.9 Å². The lowest BCUT2D eigenvalue weighted by molar-refractivity contribution is 0.0909. The van der Waals surface area contributed by atoms with Crippen molar-refractivity contribution in [3.8, 4) is 5.69 Å². The molecule has 3 N–H and O–H groups in total. The van der Waals surface area contributed by atoms with Crippen LogP contribution < -0.4 is 11.1 Å². The van der Waals surface area contributed by atoms with Gasteiger partial charge in [-0.15, -0.1) is 0 Å². The summed E-state index contributed by atoms with van der Waals surface area (Å²) in [6.45, 7) is 7.57. The zero-order valence-corrected chi connectivity index (χ0v) is 18.2. The third-order valence-corrected chi connectivity index (χ3v) is 5.70. The minimum Gasteiger partial charge on any atom is -0.384 e. The van der Waals surface area contributed by atoms with E-state index < -0.39 is 5.91 Å². The van der Waals surface area contributed by atoms with E-state index >= 15 is 0 Å². The van der Waals surface area contributed by atoms with Crippen LogP contribution in [0.25, 0.3) is 5.69 Å². The maximum absolute atomic E-state index is 12.7. The lowest BCUT2D eigenvalue weighted by atomic mass is 9.75. The van der Waals surface area contributed by atoms with Crippen molar-refractivity contribution in [2.24, 2.45) is 11.1 Å². The van der Waals surface area contributed by atoms with E-state index in [0.717, 1.165) is 42.0 Å². The molecule has 8 heteroatoms. The van der Waals surface area contributed by atoms with E-state index in [1.165, 1.54) is 0 Å². The standard InChI is InChI=1S/C23H28N6O2/c1-15-21-19(12-23(2,3)13-20(21)30)29(27-15)16-5-6-17(22(24)31)18(11-16)26-7-4-9-28-10-8-25-14-28/h5-6,8,10-11,14,26H,4,7,9,12-13H2,1-3H3,(H2,24,31). The number of amides is 1. The molecule has 0 unspecified atom stereocenters. The van der Waals surface area contributed by atoms with Gasteiger partial charge in [-0.25, -0.2) is 9.67 Å². The zero-order chi connectivity index (χ0) is 22.2. The van der Waals surface area contributed by atoms with Crippen LogP contribution in [0.4, 0.5) is 5.69 Å². The van der Waals surface area contributed by atoms with Crippen molar-refractivity contribution in [3.63, 3.8) is 0 Å². The van der Waals surface area contributed by atoms with Crippen LogP contribution in [0.3, 0.4) is 0 Å². The highest BCUT2D eigenvalue weighted by atomic mass is 16.1. The monoisotopic (exact) mass is 420 g/mol. The molecular weight excluding hydrogens is 392 g/mol. The van der Waals surface area contributed by atoms with Crippen LogP contribution in [0.15, 0.2) is 36.9 Å². The molecule has 2 heterocycles. The van der Waals surface area contributed by atoms with Gasteiger partial charge in [-0.2, -0.15) is 5.10 Å². The number of hydrogen-bond acceptors (Lipinski definition) is 5. The second-order valence-corrected chi connectivity index (χ2v) is 8.93. The van der Waals surface area contributed by atoms with Gasteiger partial charge in [0, 0.05) is 37.6 Å². The second-order valence-electron chi connectivity index (χ2n) is 8.93. The molecule has 0 saturated carbocycles. The first kappa shape index (κ1) is 20.8. The summed E-state index contributed by atoms with van der Waals surface area (Å²) in [5, 5.41) is 8.00. The molecule has 1 aromatic carbocycles. The van der Waals surface area contributed by atoms with Crippen molar-refractivity contribution in [1.82, 2.24) is 19.3 Å². The van der Waals surface area contributed by atoms with E-state index in [1.54, 1.807) is 18.6 Å². The molecule has 1 aliphatic carbocycles. The first-order valence-electron chi connectivity index (χ1n) is 10.5. The Morgan fingerprint density at radius 3 is 2.81 bits per heavy atom. The fourth-order valence-corrected chi connectivity index (χ4v) is 4.28. The predicted octanol–water partition coefficient (Wildman–Crippen LogP) is 3.13. The number of hydrogen-bond donors (Lipinski definition) is 2. The lowest BCUT2D eigenvalue weighted by Crippen LogP contribution is -2.28. The molecule has 0 aliphatic heterocycles. The molecule has 2 aromatic heterocycles. The fourth-order valence-electron chi connectivity index (χ4n) is 4.28. The predicted molar refractivity (Wildman–Crippen MR) is 119 cm³/mol. The number of aryl methyl sites for hydroxylation is 2. The van der Waals surface area contributed by atoms with Gasteiger partial charge >= 0.3 is 0 Å². The van der Waals surface area contributed by atoms with E-state index in [4.69, 9.17) is 5.73 Å². The van der Waals surface area contributed by atoms with Crippen LogP contribution in [0, 0.1) is 12.3 Å². The largest absolute Gasteiger partial charge is 0.384 e. The first-order chi connectivity index (χ1) is 14.7. The van der Waals surface area contributed by atoms with Crippen molar-refractivity contribution >= 4 is 17.4 Å². The number of nitrogens with zero attached hydrogens (tertiary/aromatic N) is 4. The van der Waals surface area contributed by atoms with E-state index in [0.29, 0.717) is 24.2 Å². The van der Waals surface area contributed by atoms with Crippen LogP contribution in [-0.4, -0.2) is 37.6 Å². The molecule has 0 bridgehead atoms. The molecule has 0 fully saturated rings. The molecule has 1 amide bonds. The maximum atomic E-state index is 12.7.